The zero-order chi connectivity index (χ0) is 2.00. The second-order valence-corrected chi connectivity index (χ2v) is 0. The zero-order valence-electron chi connectivity index (χ0n) is 2.83. The second-order valence-electron chi connectivity index (χ2n) is 0. The molecule has 0 heterocycles. The Morgan fingerprint density at radius 3 is 1.25 bits per heavy atom. The predicted molar refractivity (Wildman–Crippen MR) is 8.14 cm³/mol. The van der Waals surface area contributed by atoms with Gasteiger partial charge in [-0.25, -0.2) is 0 Å². The maximum absolute atomic E-state index is 7.00. The molecule has 3 heteroatoms. The van der Waals surface area contributed by atoms with Crippen molar-refractivity contribution in [1.82, 2.24) is 0 Å². The summed E-state index contributed by atoms with van der Waals surface area (Å²) in [5.41, 5.74) is 0. The Bertz CT molecular complexity index is 8.00. The summed E-state index contributed by atoms with van der Waals surface area (Å²) in [6.45, 7) is 0. The first-order chi connectivity index (χ1) is 1.00. The molecule has 0 saturated carbocycles. The van der Waals surface area contributed by atoms with Crippen LogP contribution in [-0.2, 0) is 0 Å². The molecule has 0 aromatic carbocycles. The van der Waals surface area contributed by atoms with E-state index in [-0.39, 0.29) is 63.8 Å². The Morgan fingerprint density at radius 1 is 1.25 bits per heavy atom. The molecule has 0 aliphatic rings. The van der Waals surface area contributed by atoms with Crippen LogP contribution >= 0.6 is 0 Å². The molecular weight excluding hydrogens is 103 g/mol. The third-order valence-corrected chi connectivity index (χ3v) is 0. The van der Waals surface area contributed by atoms with E-state index in [9.17, 15) is 0 Å². The summed E-state index contributed by atoms with van der Waals surface area (Å²) in [6, 6.07) is 0. The fraction of sp³-hybridized carbons (Fsp3) is 1.00. The molecular formula is CH4ClKO. The van der Waals surface area contributed by atoms with Crippen LogP contribution in [0.4, 0.5) is 0 Å². The predicted octanol–water partition coefficient (Wildman–Crippen LogP) is -6.38. The molecule has 22 valence electrons. The molecule has 0 radical (unpaired) electrons. The molecule has 0 bridgehead atoms. The number of hydrogen-bond donors (Lipinski definition) is 1. The van der Waals surface area contributed by atoms with E-state index in [1.165, 1.54) is 0 Å². The molecule has 1 nitrogen and oxygen atoms in total. The quantitative estimate of drug-likeness (QED) is 0.305. The Morgan fingerprint density at radius 2 is 1.25 bits per heavy atom. The molecule has 4 heavy (non-hydrogen) atoms. The largest absolute Gasteiger partial charge is 1.00 e. The van der Waals surface area contributed by atoms with Crippen molar-refractivity contribution >= 4 is 0 Å². The van der Waals surface area contributed by atoms with E-state index >= 15 is 0 Å². The van der Waals surface area contributed by atoms with Crippen molar-refractivity contribution in [3.63, 3.8) is 0 Å². The minimum atomic E-state index is 0. The topological polar surface area (TPSA) is 20.2 Å². The van der Waals surface area contributed by atoms with Crippen molar-refractivity contribution in [1.29, 1.82) is 0 Å². The monoisotopic (exact) mass is 106 g/mol. The zero-order valence-corrected chi connectivity index (χ0v) is 6.70. The van der Waals surface area contributed by atoms with E-state index < -0.39 is 0 Å². The van der Waals surface area contributed by atoms with E-state index in [1.807, 2.05) is 0 Å². The molecule has 0 aromatic rings. The molecule has 1 N–H and O–H groups in total. The third-order valence-electron chi connectivity index (χ3n) is 0. The van der Waals surface area contributed by atoms with Crippen LogP contribution in [-0.4, -0.2) is 12.2 Å². The van der Waals surface area contributed by atoms with Gasteiger partial charge in [0.25, 0.3) is 0 Å². The SMILES string of the molecule is CO.[Cl-].[K+]. The molecule has 0 spiro atoms. The number of aliphatic hydroxyl groups is 1. The van der Waals surface area contributed by atoms with Crippen LogP contribution in [0, 0.1) is 0 Å². The van der Waals surface area contributed by atoms with Gasteiger partial charge in [-0.2, -0.15) is 0 Å². The van der Waals surface area contributed by atoms with Crippen molar-refractivity contribution < 1.29 is 68.9 Å². The molecule has 0 aliphatic heterocycles. The summed E-state index contributed by atoms with van der Waals surface area (Å²) in [7, 11) is 1.00. The Kier molecular flexibility index (Phi) is 87.5. The molecule has 0 aromatic heterocycles. The van der Waals surface area contributed by atoms with Gasteiger partial charge in [0.15, 0.2) is 0 Å². The van der Waals surface area contributed by atoms with Crippen LogP contribution in [0.2, 0.25) is 0 Å². The smallest absolute Gasteiger partial charge is 1.00 e. The van der Waals surface area contributed by atoms with E-state index in [0.29, 0.717) is 0 Å². The van der Waals surface area contributed by atoms with E-state index in [1.54, 1.807) is 0 Å². The Hall–Kier alpha value is 1.89. The van der Waals surface area contributed by atoms with Gasteiger partial charge in [0, 0.05) is 7.11 Å². The van der Waals surface area contributed by atoms with Gasteiger partial charge in [0.1, 0.15) is 0 Å². The van der Waals surface area contributed by atoms with Gasteiger partial charge in [-0.3, -0.25) is 0 Å². The summed E-state index contributed by atoms with van der Waals surface area (Å²) >= 11 is 0. The second kappa shape index (κ2) is 20.7. The summed E-state index contributed by atoms with van der Waals surface area (Å²) in [5.74, 6) is 0. The van der Waals surface area contributed by atoms with E-state index in [0.717, 1.165) is 7.11 Å². The molecule has 0 saturated heterocycles. The molecule has 0 atom stereocenters. The van der Waals surface area contributed by atoms with Crippen LogP contribution in [0.25, 0.3) is 0 Å². The summed E-state index contributed by atoms with van der Waals surface area (Å²) in [6.07, 6.45) is 0. The van der Waals surface area contributed by atoms with Crippen molar-refractivity contribution in [2.24, 2.45) is 0 Å². The van der Waals surface area contributed by atoms with Crippen LogP contribution in [0.3, 0.4) is 0 Å². The fourth-order valence-electron chi connectivity index (χ4n) is 0. The van der Waals surface area contributed by atoms with Crippen molar-refractivity contribution in [2.75, 3.05) is 7.11 Å². The van der Waals surface area contributed by atoms with Gasteiger partial charge in [0.05, 0.1) is 0 Å². The van der Waals surface area contributed by atoms with Crippen LogP contribution < -0.4 is 63.8 Å². The average Bonchev–Trinajstić information content (AvgIpc) is 1.00. The number of hydrogen-bond acceptors (Lipinski definition) is 1. The molecule has 0 unspecified atom stereocenters. The van der Waals surface area contributed by atoms with Crippen molar-refractivity contribution in [3.05, 3.63) is 0 Å². The summed E-state index contributed by atoms with van der Waals surface area (Å²) in [5, 5.41) is 7.00. The van der Waals surface area contributed by atoms with Crippen molar-refractivity contribution in [2.45, 2.75) is 0 Å². The Balaban J connectivity index is -0.00000000500. The van der Waals surface area contributed by atoms with Crippen LogP contribution in [0.1, 0.15) is 0 Å². The average molecular weight is 107 g/mol. The maximum Gasteiger partial charge on any atom is 1.00 e. The first-order valence-corrected chi connectivity index (χ1v) is 0.447. The summed E-state index contributed by atoms with van der Waals surface area (Å²) < 4.78 is 0. The van der Waals surface area contributed by atoms with Gasteiger partial charge < -0.3 is 17.5 Å². The van der Waals surface area contributed by atoms with Crippen LogP contribution in [0.5, 0.6) is 0 Å². The van der Waals surface area contributed by atoms with Crippen molar-refractivity contribution in [3.8, 4) is 0 Å². The Labute approximate surface area is 74.6 Å². The normalized spacial score (nSPS) is 1.50. The van der Waals surface area contributed by atoms with Gasteiger partial charge in [0.2, 0.25) is 0 Å². The van der Waals surface area contributed by atoms with Gasteiger partial charge in [-0.05, 0) is 0 Å². The number of rotatable bonds is 0. The molecule has 0 amide bonds. The number of halogens is 1. The maximum atomic E-state index is 7.00. The van der Waals surface area contributed by atoms with E-state index in [2.05, 4.69) is 0 Å². The standard InChI is InChI=1S/CH4O.ClH.K/c1-2;;/h2H,1H3;1H;/q;;+1/p-1. The molecule has 0 aliphatic carbocycles. The first-order valence-electron chi connectivity index (χ1n) is 0.447. The number of aliphatic hydroxyl groups excluding tert-OH is 1. The fourth-order valence-corrected chi connectivity index (χ4v) is 0. The summed E-state index contributed by atoms with van der Waals surface area (Å²) in [4.78, 5) is 0. The van der Waals surface area contributed by atoms with E-state index in [4.69, 9.17) is 5.11 Å². The van der Waals surface area contributed by atoms with Gasteiger partial charge in [-0.1, -0.05) is 0 Å². The minimum absolute atomic E-state index is 0. The molecule has 0 fully saturated rings. The third kappa shape index (κ3) is 9.10. The van der Waals surface area contributed by atoms with Gasteiger partial charge >= 0.3 is 51.4 Å². The molecule has 0 rings (SSSR count). The van der Waals surface area contributed by atoms with Crippen LogP contribution in [0.15, 0.2) is 0 Å². The first kappa shape index (κ1) is 16.9. The minimum Gasteiger partial charge on any atom is -1.00 e. The van der Waals surface area contributed by atoms with Gasteiger partial charge in [-0.15, -0.1) is 0 Å².